The Labute approximate surface area is 156 Å². The number of anilines is 1. The molecule has 3 N–H and O–H groups in total. The summed E-state index contributed by atoms with van der Waals surface area (Å²) < 4.78 is 2.27. The number of fused-ring (bicyclic) bond motifs is 2. The first kappa shape index (κ1) is 17.2. The quantitative estimate of drug-likeness (QED) is 0.491. The number of amides is 1. The lowest BCUT2D eigenvalue weighted by molar-refractivity contribution is -0.116. The van der Waals surface area contributed by atoms with Crippen LogP contribution in [0, 0.1) is 6.92 Å². The summed E-state index contributed by atoms with van der Waals surface area (Å²) in [5.74, 6) is 0.305. The SMILES string of the molecule is Cc1nc2ccc(NC(=O)CCc3nc4c([nH]3)c(=O)[nH]c(=O)n4C)cc2s1. The molecule has 138 valence electrons. The average molecular weight is 384 g/mol. The Morgan fingerprint density at radius 2 is 2.07 bits per heavy atom. The third-order valence-corrected chi connectivity index (χ3v) is 5.11. The predicted octanol–water partition coefficient (Wildman–Crippen LogP) is 1.44. The van der Waals surface area contributed by atoms with E-state index in [2.05, 4.69) is 25.3 Å². The zero-order valence-corrected chi connectivity index (χ0v) is 15.4. The van der Waals surface area contributed by atoms with Crippen LogP contribution in [0.4, 0.5) is 5.69 Å². The Morgan fingerprint density at radius 1 is 1.26 bits per heavy atom. The van der Waals surface area contributed by atoms with E-state index in [0.29, 0.717) is 17.9 Å². The maximum Gasteiger partial charge on any atom is 0.329 e. The fourth-order valence-electron chi connectivity index (χ4n) is 2.84. The second-order valence-corrected chi connectivity index (χ2v) is 7.40. The van der Waals surface area contributed by atoms with E-state index < -0.39 is 11.2 Å². The number of nitrogens with zero attached hydrogens (tertiary/aromatic N) is 3. The minimum absolute atomic E-state index is 0.168. The first-order valence-electron chi connectivity index (χ1n) is 8.25. The highest BCUT2D eigenvalue weighted by molar-refractivity contribution is 7.18. The van der Waals surface area contributed by atoms with Gasteiger partial charge in [0.2, 0.25) is 5.91 Å². The van der Waals surface area contributed by atoms with Crippen LogP contribution >= 0.6 is 11.3 Å². The molecule has 4 rings (SSSR count). The average Bonchev–Trinajstić information content (AvgIpc) is 3.21. The van der Waals surface area contributed by atoms with Crippen LogP contribution in [0.5, 0.6) is 0 Å². The van der Waals surface area contributed by atoms with Gasteiger partial charge in [0.25, 0.3) is 5.56 Å². The van der Waals surface area contributed by atoms with Crippen LogP contribution < -0.4 is 16.6 Å². The molecule has 27 heavy (non-hydrogen) atoms. The van der Waals surface area contributed by atoms with Crippen molar-refractivity contribution in [1.29, 1.82) is 0 Å². The molecule has 0 fully saturated rings. The molecule has 3 heterocycles. The number of aromatic amines is 2. The number of thiazole rings is 1. The summed E-state index contributed by atoms with van der Waals surface area (Å²) in [4.78, 5) is 49.4. The summed E-state index contributed by atoms with van der Waals surface area (Å²) in [5.41, 5.74) is 1.05. The molecule has 1 amide bonds. The number of carbonyl (C=O) groups is 1. The molecule has 0 unspecified atom stereocenters. The number of aryl methyl sites for hydroxylation is 3. The third kappa shape index (κ3) is 3.26. The van der Waals surface area contributed by atoms with E-state index in [0.717, 1.165) is 15.2 Å². The fraction of sp³-hybridized carbons (Fsp3) is 0.235. The lowest BCUT2D eigenvalue weighted by Crippen LogP contribution is -2.28. The van der Waals surface area contributed by atoms with Gasteiger partial charge in [0.15, 0.2) is 5.65 Å². The van der Waals surface area contributed by atoms with Crippen molar-refractivity contribution in [2.45, 2.75) is 19.8 Å². The summed E-state index contributed by atoms with van der Waals surface area (Å²) in [6, 6.07) is 5.59. The van der Waals surface area contributed by atoms with Gasteiger partial charge in [-0.1, -0.05) is 0 Å². The van der Waals surface area contributed by atoms with Crippen LogP contribution in [0.1, 0.15) is 17.3 Å². The zero-order valence-electron chi connectivity index (χ0n) is 14.6. The Bertz CT molecular complexity index is 1300. The van der Waals surface area contributed by atoms with E-state index in [9.17, 15) is 14.4 Å². The number of hydrogen-bond donors (Lipinski definition) is 3. The Balaban J connectivity index is 1.47. The smallest absolute Gasteiger partial charge is 0.329 e. The molecule has 1 aromatic carbocycles. The number of rotatable bonds is 4. The van der Waals surface area contributed by atoms with Crippen molar-refractivity contribution >= 4 is 44.3 Å². The fourth-order valence-corrected chi connectivity index (χ4v) is 3.71. The maximum atomic E-state index is 12.2. The minimum Gasteiger partial charge on any atom is -0.336 e. The Morgan fingerprint density at radius 3 is 2.89 bits per heavy atom. The highest BCUT2D eigenvalue weighted by Gasteiger charge is 2.12. The van der Waals surface area contributed by atoms with Gasteiger partial charge in [0, 0.05) is 25.6 Å². The van der Waals surface area contributed by atoms with E-state index in [1.54, 1.807) is 11.3 Å². The number of imidazole rings is 1. The number of nitrogens with one attached hydrogen (secondary N) is 3. The van der Waals surface area contributed by atoms with E-state index in [1.165, 1.54) is 11.6 Å². The van der Waals surface area contributed by atoms with Crippen LogP contribution in [-0.4, -0.2) is 30.4 Å². The molecule has 0 saturated carbocycles. The summed E-state index contributed by atoms with van der Waals surface area (Å²) in [5, 5.41) is 3.83. The summed E-state index contributed by atoms with van der Waals surface area (Å²) >= 11 is 1.57. The first-order valence-corrected chi connectivity index (χ1v) is 9.07. The Kier molecular flexibility index (Phi) is 4.11. The van der Waals surface area contributed by atoms with Gasteiger partial charge in [-0.2, -0.15) is 0 Å². The number of aromatic nitrogens is 5. The topological polar surface area (TPSA) is 126 Å². The second kappa shape index (κ2) is 6.47. The van der Waals surface area contributed by atoms with E-state index in [4.69, 9.17) is 0 Å². The zero-order chi connectivity index (χ0) is 19.1. The van der Waals surface area contributed by atoms with E-state index in [-0.39, 0.29) is 23.5 Å². The molecule has 3 aromatic heterocycles. The molecule has 0 aliphatic carbocycles. The first-order chi connectivity index (χ1) is 12.9. The van der Waals surface area contributed by atoms with Crippen LogP contribution in [0.3, 0.4) is 0 Å². The lowest BCUT2D eigenvalue weighted by atomic mass is 10.2. The molecular weight excluding hydrogens is 368 g/mol. The van der Waals surface area contributed by atoms with Crippen molar-refractivity contribution in [2.24, 2.45) is 7.05 Å². The van der Waals surface area contributed by atoms with Gasteiger partial charge in [-0.15, -0.1) is 11.3 Å². The van der Waals surface area contributed by atoms with Crippen molar-refractivity contribution in [2.75, 3.05) is 5.32 Å². The van der Waals surface area contributed by atoms with Crippen molar-refractivity contribution in [3.05, 3.63) is 49.9 Å². The van der Waals surface area contributed by atoms with Gasteiger partial charge in [0.1, 0.15) is 11.3 Å². The number of H-pyrrole nitrogens is 2. The van der Waals surface area contributed by atoms with Crippen molar-refractivity contribution in [3.63, 3.8) is 0 Å². The molecule has 0 aliphatic rings. The van der Waals surface area contributed by atoms with Gasteiger partial charge in [-0.05, 0) is 25.1 Å². The van der Waals surface area contributed by atoms with Crippen molar-refractivity contribution < 1.29 is 4.79 Å². The van der Waals surface area contributed by atoms with Crippen LogP contribution in [0.15, 0.2) is 27.8 Å². The summed E-state index contributed by atoms with van der Waals surface area (Å²) in [6.45, 7) is 1.94. The number of carbonyl (C=O) groups excluding carboxylic acids is 1. The summed E-state index contributed by atoms with van der Waals surface area (Å²) in [6.07, 6.45) is 0.501. The van der Waals surface area contributed by atoms with Gasteiger partial charge in [-0.25, -0.2) is 14.8 Å². The molecule has 0 saturated heterocycles. The molecule has 0 radical (unpaired) electrons. The molecule has 0 atom stereocenters. The number of benzene rings is 1. The van der Waals surface area contributed by atoms with Crippen molar-refractivity contribution in [1.82, 2.24) is 24.5 Å². The molecule has 9 nitrogen and oxygen atoms in total. The highest BCUT2D eigenvalue weighted by Crippen LogP contribution is 2.24. The minimum atomic E-state index is -0.531. The predicted molar refractivity (Wildman–Crippen MR) is 103 cm³/mol. The summed E-state index contributed by atoms with van der Waals surface area (Å²) in [7, 11) is 1.52. The van der Waals surface area contributed by atoms with Crippen molar-refractivity contribution in [3.8, 4) is 0 Å². The molecular formula is C17H16N6O3S. The molecule has 0 bridgehead atoms. The van der Waals surface area contributed by atoms with E-state index >= 15 is 0 Å². The van der Waals surface area contributed by atoms with Crippen LogP contribution in [-0.2, 0) is 18.3 Å². The molecule has 4 aromatic rings. The largest absolute Gasteiger partial charge is 0.336 e. The maximum absolute atomic E-state index is 12.2. The molecule has 0 aliphatic heterocycles. The van der Waals surface area contributed by atoms with Gasteiger partial charge in [-0.3, -0.25) is 19.1 Å². The third-order valence-electron chi connectivity index (χ3n) is 4.17. The molecule has 10 heteroatoms. The Hall–Kier alpha value is -3.27. The van der Waals surface area contributed by atoms with Crippen LogP contribution in [0.2, 0.25) is 0 Å². The van der Waals surface area contributed by atoms with Crippen LogP contribution in [0.25, 0.3) is 21.4 Å². The van der Waals surface area contributed by atoms with E-state index in [1.807, 2.05) is 25.1 Å². The molecule has 0 spiro atoms. The monoisotopic (exact) mass is 384 g/mol. The number of hydrogen-bond acceptors (Lipinski definition) is 6. The standard InChI is InChI=1S/C17H16N6O3S/c1-8-18-10-4-3-9(7-11(10)27-8)19-13(24)6-5-12-20-14-15(21-12)23(2)17(26)22-16(14)25/h3-4,7H,5-6H2,1-2H3,(H,19,24)(H,20,21)(H,22,25,26). The van der Waals surface area contributed by atoms with Gasteiger partial charge in [0.05, 0.1) is 15.2 Å². The van der Waals surface area contributed by atoms with Gasteiger partial charge < -0.3 is 10.3 Å². The second-order valence-electron chi connectivity index (χ2n) is 6.16. The normalized spacial score (nSPS) is 11.3. The highest BCUT2D eigenvalue weighted by atomic mass is 32.1. The van der Waals surface area contributed by atoms with Gasteiger partial charge >= 0.3 is 5.69 Å². The lowest BCUT2D eigenvalue weighted by Gasteiger charge is -2.04.